The third-order valence-corrected chi connectivity index (χ3v) is 6.35. The van der Waals surface area contributed by atoms with Crippen LogP contribution in [0.2, 0.25) is 0 Å². The Morgan fingerprint density at radius 1 is 1.18 bits per heavy atom. The minimum atomic E-state index is -0.415. The van der Waals surface area contributed by atoms with Gasteiger partial charge in [-0.2, -0.15) is 5.10 Å². The van der Waals surface area contributed by atoms with Crippen molar-refractivity contribution in [1.29, 1.82) is 0 Å². The fourth-order valence-corrected chi connectivity index (χ4v) is 4.76. The topological polar surface area (TPSA) is 56.1 Å². The highest BCUT2D eigenvalue weighted by Crippen LogP contribution is 2.38. The minimum Gasteiger partial charge on any atom is -0.367 e. The zero-order valence-corrected chi connectivity index (χ0v) is 16.7. The molecule has 5 rings (SSSR count). The second kappa shape index (κ2) is 6.68. The lowest BCUT2D eigenvalue weighted by Gasteiger charge is -2.40. The summed E-state index contributed by atoms with van der Waals surface area (Å²) in [7, 11) is 1.93. The molecule has 142 valence electrons. The fourth-order valence-electron chi connectivity index (χ4n) is 3.76. The zero-order chi connectivity index (χ0) is 19.1. The van der Waals surface area contributed by atoms with E-state index in [1.54, 1.807) is 17.7 Å². The minimum absolute atomic E-state index is 0.415. The van der Waals surface area contributed by atoms with E-state index in [9.17, 15) is 0 Å². The first-order valence-electron chi connectivity index (χ1n) is 9.30. The monoisotopic (exact) mass is 391 g/mol. The van der Waals surface area contributed by atoms with Crippen molar-refractivity contribution in [3.8, 4) is 10.4 Å². The molecule has 6 nitrogen and oxygen atoms in total. The molecule has 3 aromatic heterocycles. The summed E-state index contributed by atoms with van der Waals surface area (Å²) in [6, 6.07) is 12.6. The molecule has 4 aromatic rings. The summed E-state index contributed by atoms with van der Waals surface area (Å²) in [6.45, 7) is 4.30. The van der Waals surface area contributed by atoms with E-state index in [0.29, 0.717) is 6.61 Å². The molecule has 4 heterocycles. The van der Waals surface area contributed by atoms with Crippen molar-refractivity contribution in [2.45, 2.75) is 12.5 Å². The molecule has 1 fully saturated rings. The van der Waals surface area contributed by atoms with Crippen LogP contribution < -0.4 is 4.90 Å². The van der Waals surface area contributed by atoms with Gasteiger partial charge in [-0.05, 0) is 18.6 Å². The normalized spacial score (nSPS) is 20.0. The van der Waals surface area contributed by atoms with E-state index in [1.165, 1.54) is 10.4 Å². The number of aryl methyl sites for hydroxylation is 1. The summed E-state index contributed by atoms with van der Waals surface area (Å²) < 4.78 is 7.98. The molecule has 0 N–H and O–H groups in total. The predicted octanol–water partition coefficient (Wildman–Crippen LogP) is 3.84. The largest absolute Gasteiger partial charge is 0.367 e. The predicted molar refractivity (Wildman–Crippen MR) is 112 cm³/mol. The molecule has 28 heavy (non-hydrogen) atoms. The van der Waals surface area contributed by atoms with Crippen molar-refractivity contribution in [2.24, 2.45) is 7.05 Å². The van der Waals surface area contributed by atoms with Crippen LogP contribution in [0.3, 0.4) is 0 Å². The number of aromatic nitrogens is 4. The van der Waals surface area contributed by atoms with Gasteiger partial charge in [0.25, 0.3) is 0 Å². The maximum Gasteiger partial charge on any atom is 0.140 e. The molecule has 1 unspecified atom stereocenters. The SMILES string of the molecule is Cn1cc(C2(C)CN(c3ncnc4sc(-c5ccccc5)cc34)CCO2)cn1. The lowest BCUT2D eigenvalue weighted by Crippen LogP contribution is -2.48. The molecular formula is C21H21N5OS. The van der Waals surface area contributed by atoms with Crippen LogP contribution >= 0.6 is 11.3 Å². The number of morpholine rings is 1. The molecule has 7 heteroatoms. The van der Waals surface area contributed by atoms with Crippen LogP contribution in [0.25, 0.3) is 20.7 Å². The molecular weight excluding hydrogens is 370 g/mol. The molecule has 1 saturated heterocycles. The number of fused-ring (bicyclic) bond motifs is 1. The Morgan fingerprint density at radius 2 is 2.04 bits per heavy atom. The van der Waals surface area contributed by atoms with Gasteiger partial charge in [-0.25, -0.2) is 9.97 Å². The number of thiophene rings is 1. The standard InChI is InChI=1S/C21H21N5OS/c1-21(16-11-24-25(2)12-16)13-26(8-9-27-21)19-17-10-18(15-6-4-3-5-7-15)28-20(17)23-14-22-19/h3-7,10-12,14H,8-9,13H2,1-2H3. The maximum atomic E-state index is 6.17. The fraction of sp³-hybridized carbons (Fsp3) is 0.286. The highest BCUT2D eigenvalue weighted by atomic mass is 32.1. The molecule has 0 spiro atoms. The molecule has 0 amide bonds. The van der Waals surface area contributed by atoms with Crippen LogP contribution in [0.15, 0.2) is 55.1 Å². The van der Waals surface area contributed by atoms with Gasteiger partial charge in [-0.3, -0.25) is 4.68 Å². The number of hydrogen-bond acceptors (Lipinski definition) is 6. The lowest BCUT2D eigenvalue weighted by atomic mass is 9.97. The first-order valence-corrected chi connectivity index (χ1v) is 10.1. The Bertz CT molecular complexity index is 1120. The third-order valence-electron chi connectivity index (χ3n) is 5.26. The Hall–Kier alpha value is -2.77. The molecule has 0 radical (unpaired) electrons. The number of nitrogens with zero attached hydrogens (tertiary/aromatic N) is 5. The van der Waals surface area contributed by atoms with E-state index in [1.807, 2.05) is 30.2 Å². The second-order valence-electron chi connectivity index (χ2n) is 7.30. The summed E-state index contributed by atoms with van der Waals surface area (Å²) >= 11 is 1.71. The highest BCUT2D eigenvalue weighted by Gasteiger charge is 2.36. The van der Waals surface area contributed by atoms with Crippen molar-refractivity contribution >= 4 is 27.4 Å². The van der Waals surface area contributed by atoms with Gasteiger partial charge in [0.2, 0.25) is 0 Å². The van der Waals surface area contributed by atoms with Crippen molar-refractivity contribution in [3.63, 3.8) is 0 Å². The third kappa shape index (κ3) is 2.96. The van der Waals surface area contributed by atoms with Gasteiger partial charge in [-0.1, -0.05) is 30.3 Å². The molecule has 0 aliphatic carbocycles. The van der Waals surface area contributed by atoms with Gasteiger partial charge in [0.15, 0.2) is 0 Å². The molecule has 1 aliphatic heterocycles. The Balaban J connectivity index is 1.53. The molecule has 0 saturated carbocycles. The van der Waals surface area contributed by atoms with Crippen LogP contribution in [-0.2, 0) is 17.4 Å². The quantitative estimate of drug-likeness (QED) is 0.531. The number of anilines is 1. The number of ether oxygens (including phenoxy) is 1. The van der Waals surface area contributed by atoms with Crippen LogP contribution in [0.1, 0.15) is 12.5 Å². The van der Waals surface area contributed by atoms with Gasteiger partial charge < -0.3 is 9.64 Å². The van der Waals surface area contributed by atoms with Gasteiger partial charge in [0, 0.05) is 30.2 Å². The molecule has 1 aromatic carbocycles. The van der Waals surface area contributed by atoms with Crippen molar-refractivity contribution in [3.05, 3.63) is 60.7 Å². The van der Waals surface area contributed by atoms with E-state index >= 15 is 0 Å². The Labute approximate surface area is 167 Å². The summed E-state index contributed by atoms with van der Waals surface area (Å²) in [5, 5.41) is 5.41. The molecule has 0 bridgehead atoms. The number of hydrogen-bond donors (Lipinski definition) is 0. The van der Waals surface area contributed by atoms with Crippen LogP contribution in [0.5, 0.6) is 0 Å². The van der Waals surface area contributed by atoms with Gasteiger partial charge in [-0.15, -0.1) is 11.3 Å². The zero-order valence-electron chi connectivity index (χ0n) is 15.9. The van der Waals surface area contributed by atoms with E-state index in [2.05, 4.69) is 57.2 Å². The van der Waals surface area contributed by atoms with Crippen LogP contribution in [0.4, 0.5) is 5.82 Å². The summed E-state index contributed by atoms with van der Waals surface area (Å²) in [4.78, 5) is 13.7. The Kier molecular flexibility index (Phi) is 4.14. The number of rotatable bonds is 3. The maximum absolute atomic E-state index is 6.17. The van der Waals surface area contributed by atoms with E-state index < -0.39 is 5.60 Å². The second-order valence-corrected chi connectivity index (χ2v) is 8.33. The van der Waals surface area contributed by atoms with Crippen LogP contribution in [0, 0.1) is 0 Å². The van der Waals surface area contributed by atoms with Crippen molar-refractivity contribution in [1.82, 2.24) is 19.7 Å². The average molecular weight is 392 g/mol. The van der Waals surface area contributed by atoms with Gasteiger partial charge in [0.1, 0.15) is 22.6 Å². The first kappa shape index (κ1) is 17.3. The van der Waals surface area contributed by atoms with Gasteiger partial charge >= 0.3 is 0 Å². The van der Waals surface area contributed by atoms with Crippen molar-refractivity contribution < 1.29 is 4.74 Å². The Morgan fingerprint density at radius 3 is 2.82 bits per heavy atom. The van der Waals surface area contributed by atoms with Gasteiger partial charge in [0.05, 0.1) is 24.7 Å². The van der Waals surface area contributed by atoms with E-state index in [-0.39, 0.29) is 0 Å². The molecule has 1 atom stereocenters. The van der Waals surface area contributed by atoms with E-state index in [0.717, 1.165) is 34.7 Å². The average Bonchev–Trinajstić information content (AvgIpc) is 3.35. The highest BCUT2D eigenvalue weighted by molar-refractivity contribution is 7.21. The first-order chi connectivity index (χ1) is 13.6. The smallest absolute Gasteiger partial charge is 0.140 e. The van der Waals surface area contributed by atoms with Crippen LogP contribution in [-0.4, -0.2) is 39.4 Å². The number of benzene rings is 1. The molecule has 1 aliphatic rings. The van der Waals surface area contributed by atoms with Crippen molar-refractivity contribution in [2.75, 3.05) is 24.6 Å². The summed E-state index contributed by atoms with van der Waals surface area (Å²) in [6.07, 6.45) is 5.58. The lowest BCUT2D eigenvalue weighted by molar-refractivity contribution is -0.0467. The van der Waals surface area contributed by atoms with E-state index in [4.69, 9.17) is 4.74 Å². The summed E-state index contributed by atoms with van der Waals surface area (Å²) in [5.41, 5.74) is 1.88. The summed E-state index contributed by atoms with van der Waals surface area (Å²) in [5.74, 6) is 0.974.